The van der Waals surface area contributed by atoms with Crippen molar-refractivity contribution >= 4 is 33.2 Å². The molecule has 0 aromatic carbocycles. The van der Waals surface area contributed by atoms with Gasteiger partial charge in [0.1, 0.15) is 15.8 Å². The minimum Gasteiger partial charge on any atom is -0.296 e. The second kappa shape index (κ2) is 5.11. The number of hydrogen-bond donors (Lipinski definition) is 0. The van der Waals surface area contributed by atoms with Crippen molar-refractivity contribution in [3.8, 4) is 0 Å². The van der Waals surface area contributed by atoms with Gasteiger partial charge in [0.15, 0.2) is 0 Å². The molecule has 2 aromatic heterocycles. The van der Waals surface area contributed by atoms with Gasteiger partial charge in [-0.1, -0.05) is 18.0 Å². The number of piperidine rings is 1. The molecule has 0 amide bonds. The number of fused-ring (bicyclic) bond motifs is 1. The SMILES string of the molecule is Cc1cc2c(Cl)nc(CN3CCCCC3)nc2s1. The van der Waals surface area contributed by atoms with Crippen LogP contribution in [0.1, 0.15) is 30.0 Å². The average molecular weight is 282 g/mol. The van der Waals surface area contributed by atoms with Gasteiger partial charge < -0.3 is 0 Å². The second-order valence-electron chi connectivity index (χ2n) is 4.84. The highest BCUT2D eigenvalue weighted by molar-refractivity contribution is 7.18. The largest absolute Gasteiger partial charge is 0.296 e. The molecule has 0 aliphatic carbocycles. The molecule has 0 atom stereocenters. The smallest absolute Gasteiger partial charge is 0.145 e. The van der Waals surface area contributed by atoms with Gasteiger partial charge in [0.2, 0.25) is 0 Å². The van der Waals surface area contributed by atoms with Crippen LogP contribution in [-0.4, -0.2) is 28.0 Å². The van der Waals surface area contributed by atoms with Gasteiger partial charge in [-0.05, 0) is 38.9 Å². The Labute approximate surface area is 116 Å². The summed E-state index contributed by atoms with van der Waals surface area (Å²) >= 11 is 7.92. The zero-order valence-corrected chi connectivity index (χ0v) is 12.0. The summed E-state index contributed by atoms with van der Waals surface area (Å²) in [7, 11) is 0. The summed E-state index contributed by atoms with van der Waals surface area (Å²) in [5.41, 5.74) is 0. The van der Waals surface area contributed by atoms with Crippen molar-refractivity contribution in [2.45, 2.75) is 32.7 Å². The van der Waals surface area contributed by atoms with Crippen molar-refractivity contribution < 1.29 is 0 Å². The Balaban J connectivity index is 1.87. The van der Waals surface area contributed by atoms with E-state index in [1.165, 1.54) is 24.1 Å². The predicted octanol–water partition coefficient (Wildman–Crippen LogP) is 3.64. The molecule has 0 N–H and O–H groups in total. The van der Waals surface area contributed by atoms with Gasteiger partial charge in [0, 0.05) is 10.3 Å². The third-order valence-corrected chi connectivity index (χ3v) is 4.56. The average Bonchev–Trinajstić information content (AvgIpc) is 2.72. The van der Waals surface area contributed by atoms with Crippen LogP contribution < -0.4 is 0 Å². The fourth-order valence-electron chi connectivity index (χ4n) is 2.44. The highest BCUT2D eigenvalue weighted by Crippen LogP contribution is 2.28. The first-order valence-electron chi connectivity index (χ1n) is 6.37. The number of likely N-dealkylation sites (tertiary alicyclic amines) is 1. The molecule has 5 heteroatoms. The van der Waals surface area contributed by atoms with Crippen LogP contribution in [-0.2, 0) is 6.54 Å². The first-order valence-corrected chi connectivity index (χ1v) is 7.57. The predicted molar refractivity (Wildman–Crippen MR) is 76.3 cm³/mol. The van der Waals surface area contributed by atoms with Crippen LogP contribution in [0.25, 0.3) is 10.2 Å². The van der Waals surface area contributed by atoms with Crippen molar-refractivity contribution in [1.29, 1.82) is 0 Å². The van der Waals surface area contributed by atoms with Crippen LogP contribution in [0.3, 0.4) is 0 Å². The lowest BCUT2D eigenvalue weighted by molar-refractivity contribution is 0.216. The van der Waals surface area contributed by atoms with Gasteiger partial charge >= 0.3 is 0 Å². The lowest BCUT2D eigenvalue weighted by Crippen LogP contribution is -2.29. The van der Waals surface area contributed by atoms with Crippen LogP contribution >= 0.6 is 22.9 Å². The summed E-state index contributed by atoms with van der Waals surface area (Å²) in [5, 5.41) is 1.58. The molecule has 1 saturated heterocycles. The van der Waals surface area contributed by atoms with Crippen molar-refractivity contribution in [3.05, 3.63) is 21.9 Å². The molecule has 2 aromatic rings. The van der Waals surface area contributed by atoms with E-state index < -0.39 is 0 Å². The fourth-order valence-corrected chi connectivity index (χ4v) is 3.63. The number of halogens is 1. The monoisotopic (exact) mass is 281 g/mol. The van der Waals surface area contributed by atoms with Crippen molar-refractivity contribution in [2.24, 2.45) is 0 Å². The van der Waals surface area contributed by atoms with E-state index in [2.05, 4.69) is 27.9 Å². The summed E-state index contributed by atoms with van der Waals surface area (Å²) in [5.74, 6) is 0.858. The zero-order chi connectivity index (χ0) is 12.5. The number of rotatable bonds is 2. The van der Waals surface area contributed by atoms with Crippen molar-refractivity contribution in [3.63, 3.8) is 0 Å². The molecule has 0 saturated carbocycles. The number of thiophene rings is 1. The lowest BCUT2D eigenvalue weighted by atomic mass is 10.1. The zero-order valence-electron chi connectivity index (χ0n) is 10.4. The summed E-state index contributed by atoms with van der Waals surface area (Å²) in [4.78, 5) is 13.7. The third-order valence-electron chi connectivity index (χ3n) is 3.33. The Morgan fingerprint density at radius 2 is 2.06 bits per heavy atom. The molecule has 3 heterocycles. The highest BCUT2D eigenvalue weighted by atomic mass is 35.5. The maximum Gasteiger partial charge on any atom is 0.145 e. The van der Waals surface area contributed by atoms with E-state index in [0.717, 1.165) is 35.7 Å². The first kappa shape index (κ1) is 12.3. The van der Waals surface area contributed by atoms with E-state index >= 15 is 0 Å². The van der Waals surface area contributed by atoms with E-state index in [4.69, 9.17) is 11.6 Å². The summed E-state index contributed by atoms with van der Waals surface area (Å²) in [6.45, 7) is 5.21. The summed E-state index contributed by atoms with van der Waals surface area (Å²) in [6, 6.07) is 2.06. The van der Waals surface area contributed by atoms with E-state index in [1.54, 1.807) is 11.3 Å². The van der Waals surface area contributed by atoms with E-state index in [0.29, 0.717) is 5.15 Å². The molecule has 3 nitrogen and oxygen atoms in total. The summed E-state index contributed by atoms with van der Waals surface area (Å²) < 4.78 is 0. The third kappa shape index (κ3) is 2.51. The van der Waals surface area contributed by atoms with Crippen LogP contribution in [0.4, 0.5) is 0 Å². The Bertz CT molecular complexity index is 561. The molecule has 1 fully saturated rings. The molecule has 0 radical (unpaired) electrons. The number of hydrogen-bond acceptors (Lipinski definition) is 4. The summed E-state index contributed by atoms with van der Waals surface area (Å²) in [6.07, 6.45) is 3.92. The molecular weight excluding hydrogens is 266 g/mol. The highest BCUT2D eigenvalue weighted by Gasteiger charge is 2.14. The standard InChI is InChI=1S/C13H16ClN3S/c1-9-7-10-12(14)15-11(16-13(10)18-9)8-17-5-3-2-4-6-17/h7H,2-6,8H2,1H3. The molecule has 1 aliphatic heterocycles. The normalized spacial score (nSPS) is 17.4. The van der Waals surface area contributed by atoms with Crippen LogP contribution in [0, 0.1) is 6.92 Å². The molecule has 18 heavy (non-hydrogen) atoms. The topological polar surface area (TPSA) is 29.0 Å². The van der Waals surface area contributed by atoms with Gasteiger partial charge in [0.25, 0.3) is 0 Å². The number of aryl methyl sites for hydroxylation is 1. The molecular formula is C13H16ClN3S. The van der Waals surface area contributed by atoms with Crippen LogP contribution in [0.2, 0.25) is 5.15 Å². The van der Waals surface area contributed by atoms with E-state index in [9.17, 15) is 0 Å². The molecule has 96 valence electrons. The molecule has 0 unspecified atom stereocenters. The van der Waals surface area contributed by atoms with Gasteiger partial charge in [-0.15, -0.1) is 11.3 Å². The Morgan fingerprint density at radius 1 is 1.28 bits per heavy atom. The number of nitrogens with zero attached hydrogens (tertiary/aromatic N) is 3. The number of aromatic nitrogens is 2. The van der Waals surface area contributed by atoms with E-state index in [1.807, 2.05) is 0 Å². The van der Waals surface area contributed by atoms with Crippen LogP contribution in [0.15, 0.2) is 6.07 Å². The minimum absolute atomic E-state index is 0.594. The molecule has 0 spiro atoms. The first-order chi connectivity index (χ1) is 8.72. The fraction of sp³-hybridized carbons (Fsp3) is 0.538. The molecule has 1 aliphatic rings. The Hall–Kier alpha value is -0.710. The Kier molecular flexibility index (Phi) is 3.50. The molecule has 3 rings (SSSR count). The van der Waals surface area contributed by atoms with Crippen LogP contribution in [0.5, 0.6) is 0 Å². The lowest BCUT2D eigenvalue weighted by Gasteiger charge is -2.25. The van der Waals surface area contributed by atoms with Gasteiger partial charge in [0.05, 0.1) is 6.54 Å². The van der Waals surface area contributed by atoms with Gasteiger partial charge in [-0.3, -0.25) is 4.90 Å². The van der Waals surface area contributed by atoms with Gasteiger partial charge in [-0.25, -0.2) is 9.97 Å². The molecule has 0 bridgehead atoms. The van der Waals surface area contributed by atoms with Crippen molar-refractivity contribution in [2.75, 3.05) is 13.1 Å². The Morgan fingerprint density at radius 3 is 2.83 bits per heavy atom. The van der Waals surface area contributed by atoms with Gasteiger partial charge in [-0.2, -0.15) is 0 Å². The quantitative estimate of drug-likeness (QED) is 0.787. The second-order valence-corrected chi connectivity index (χ2v) is 6.44. The van der Waals surface area contributed by atoms with E-state index in [-0.39, 0.29) is 0 Å². The maximum atomic E-state index is 6.23. The van der Waals surface area contributed by atoms with Crippen molar-refractivity contribution in [1.82, 2.24) is 14.9 Å². The maximum absolute atomic E-state index is 6.23. The minimum atomic E-state index is 0.594.